The van der Waals surface area contributed by atoms with Crippen LogP contribution in [-0.2, 0) is 12.0 Å². The third-order valence-electron chi connectivity index (χ3n) is 4.70. The minimum atomic E-state index is 0.00190. The molecule has 0 radical (unpaired) electrons. The maximum absolute atomic E-state index is 13.1. The predicted octanol–water partition coefficient (Wildman–Crippen LogP) is 4.02. The van der Waals surface area contributed by atoms with E-state index in [4.69, 9.17) is 10.7 Å². The van der Waals surface area contributed by atoms with Crippen LogP contribution < -0.4 is 11.3 Å². The zero-order valence-corrected chi connectivity index (χ0v) is 16.0. The lowest BCUT2D eigenvalue weighted by atomic mass is 9.86. The fourth-order valence-electron chi connectivity index (χ4n) is 3.13. The van der Waals surface area contributed by atoms with Crippen molar-refractivity contribution in [2.45, 2.75) is 46.1 Å². The minimum Gasteiger partial charge on any atom is -0.330 e. The van der Waals surface area contributed by atoms with E-state index in [2.05, 4.69) is 45.0 Å². The van der Waals surface area contributed by atoms with Crippen LogP contribution in [0.2, 0.25) is 0 Å². The second-order valence-corrected chi connectivity index (χ2v) is 7.88. The molecule has 0 aliphatic heterocycles. The van der Waals surface area contributed by atoms with E-state index >= 15 is 0 Å². The van der Waals surface area contributed by atoms with Gasteiger partial charge in [-0.1, -0.05) is 56.7 Å². The first-order chi connectivity index (χ1) is 12.3. The van der Waals surface area contributed by atoms with Crippen LogP contribution in [0, 0.1) is 6.92 Å². The monoisotopic (exact) mass is 349 g/mol. The smallest absolute Gasteiger partial charge is 0.261 e. The topological polar surface area (TPSA) is 60.9 Å². The summed E-state index contributed by atoms with van der Waals surface area (Å²) in [5.74, 6) is 0.709. The van der Waals surface area contributed by atoms with Crippen LogP contribution in [0.1, 0.15) is 38.3 Å². The fraction of sp³-hybridized carbons (Fsp3) is 0.364. The number of fused-ring (bicyclic) bond motifs is 1. The number of aryl methyl sites for hydroxylation is 1. The van der Waals surface area contributed by atoms with Gasteiger partial charge in [-0.3, -0.25) is 9.36 Å². The molecule has 26 heavy (non-hydrogen) atoms. The molecule has 4 nitrogen and oxygen atoms in total. The molecule has 2 N–H and O–H groups in total. The number of hydrogen-bond donors (Lipinski definition) is 1. The van der Waals surface area contributed by atoms with Crippen molar-refractivity contribution in [1.29, 1.82) is 0 Å². The average Bonchev–Trinajstić information content (AvgIpc) is 2.61. The van der Waals surface area contributed by atoms with Gasteiger partial charge in [0.05, 0.1) is 10.9 Å². The lowest BCUT2D eigenvalue weighted by molar-refractivity contribution is 0.590. The first-order valence-electron chi connectivity index (χ1n) is 9.13. The van der Waals surface area contributed by atoms with Crippen molar-refractivity contribution in [3.05, 3.63) is 63.9 Å². The molecule has 2 aromatic carbocycles. The van der Waals surface area contributed by atoms with Gasteiger partial charge in [-0.05, 0) is 43.0 Å². The highest BCUT2D eigenvalue weighted by Crippen LogP contribution is 2.26. The first kappa shape index (κ1) is 18.3. The van der Waals surface area contributed by atoms with Gasteiger partial charge in [-0.2, -0.15) is 0 Å². The standard InChI is InChI=1S/C22H27N3O/c1-15-6-11-19-18(14-15)21(26)25(13-5-12-23)20(24-19)16-7-9-17(10-8-16)22(2,3)4/h6-11,14H,5,12-13,23H2,1-4H3. The third-order valence-corrected chi connectivity index (χ3v) is 4.70. The quantitative estimate of drug-likeness (QED) is 0.774. The highest BCUT2D eigenvalue weighted by Gasteiger charge is 2.16. The van der Waals surface area contributed by atoms with Crippen molar-refractivity contribution in [2.75, 3.05) is 6.54 Å². The molecule has 0 atom stereocenters. The Hall–Kier alpha value is -2.46. The number of nitrogens with zero attached hydrogens (tertiary/aromatic N) is 2. The van der Waals surface area contributed by atoms with E-state index in [9.17, 15) is 4.79 Å². The van der Waals surface area contributed by atoms with E-state index < -0.39 is 0 Å². The lowest BCUT2D eigenvalue weighted by Gasteiger charge is -2.20. The Balaban J connectivity index is 2.20. The van der Waals surface area contributed by atoms with Gasteiger partial charge < -0.3 is 5.73 Å². The third kappa shape index (κ3) is 3.56. The van der Waals surface area contributed by atoms with Gasteiger partial charge in [0.25, 0.3) is 5.56 Å². The molecule has 3 rings (SSSR count). The molecular weight excluding hydrogens is 322 g/mol. The molecule has 0 unspecified atom stereocenters. The number of aromatic nitrogens is 2. The Bertz CT molecular complexity index is 979. The SMILES string of the molecule is Cc1ccc2nc(-c3ccc(C(C)(C)C)cc3)n(CCCN)c(=O)c2c1. The van der Waals surface area contributed by atoms with Crippen LogP contribution in [0.25, 0.3) is 22.3 Å². The van der Waals surface area contributed by atoms with Gasteiger partial charge in [0.15, 0.2) is 0 Å². The van der Waals surface area contributed by atoms with E-state index in [1.54, 1.807) is 4.57 Å². The largest absolute Gasteiger partial charge is 0.330 e. The molecule has 1 heterocycles. The van der Waals surface area contributed by atoms with Gasteiger partial charge in [0.1, 0.15) is 5.82 Å². The molecule has 0 spiro atoms. The van der Waals surface area contributed by atoms with Crippen LogP contribution in [-0.4, -0.2) is 16.1 Å². The molecule has 0 bridgehead atoms. The van der Waals surface area contributed by atoms with Gasteiger partial charge in [0.2, 0.25) is 0 Å². The molecule has 0 saturated carbocycles. The van der Waals surface area contributed by atoms with Gasteiger partial charge in [-0.15, -0.1) is 0 Å². The summed E-state index contributed by atoms with van der Waals surface area (Å²) in [6, 6.07) is 14.2. The first-order valence-corrected chi connectivity index (χ1v) is 9.13. The van der Waals surface area contributed by atoms with Gasteiger partial charge >= 0.3 is 0 Å². The van der Waals surface area contributed by atoms with E-state index in [1.165, 1.54) is 5.56 Å². The zero-order valence-electron chi connectivity index (χ0n) is 16.0. The molecule has 0 aliphatic rings. The zero-order chi connectivity index (χ0) is 18.9. The molecule has 3 aromatic rings. The number of benzene rings is 2. The normalized spacial score (nSPS) is 11.9. The summed E-state index contributed by atoms with van der Waals surface area (Å²) in [7, 11) is 0. The Morgan fingerprint density at radius 3 is 2.38 bits per heavy atom. The van der Waals surface area contributed by atoms with E-state index in [0.29, 0.717) is 24.3 Å². The second kappa shape index (κ2) is 7.04. The summed E-state index contributed by atoms with van der Waals surface area (Å²) < 4.78 is 1.76. The van der Waals surface area contributed by atoms with Gasteiger partial charge in [-0.25, -0.2) is 4.98 Å². The van der Waals surface area contributed by atoms with Crippen LogP contribution in [0.5, 0.6) is 0 Å². The molecule has 0 amide bonds. The Morgan fingerprint density at radius 1 is 1.08 bits per heavy atom. The van der Waals surface area contributed by atoms with Crippen LogP contribution >= 0.6 is 0 Å². The summed E-state index contributed by atoms with van der Waals surface area (Å²) in [5.41, 5.74) is 9.78. The Kier molecular flexibility index (Phi) is 4.97. The summed E-state index contributed by atoms with van der Waals surface area (Å²) in [5, 5.41) is 0.664. The molecule has 136 valence electrons. The predicted molar refractivity (Wildman–Crippen MR) is 109 cm³/mol. The number of rotatable bonds is 4. The molecule has 0 saturated heterocycles. The number of hydrogen-bond acceptors (Lipinski definition) is 3. The van der Waals surface area contributed by atoms with Crippen molar-refractivity contribution in [3.63, 3.8) is 0 Å². The van der Waals surface area contributed by atoms with Crippen LogP contribution in [0.4, 0.5) is 0 Å². The maximum atomic E-state index is 13.1. The summed E-state index contributed by atoms with van der Waals surface area (Å²) in [4.78, 5) is 17.9. The summed E-state index contributed by atoms with van der Waals surface area (Å²) in [6.45, 7) is 9.67. The molecule has 4 heteroatoms. The van der Waals surface area contributed by atoms with E-state index in [-0.39, 0.29) is 11.0 Å². The van der Waals surface area contributed by atoms with Crippen LogP contribution in [0.3, 0.4) is 0 Å². The van der Waals surface area contributed by atoms with Crippen molar-refractivity contribution >= 4 is 10.9 Å². The number of nitrogens with two attached hydrogens (primary N) is 1. The lowest BCUT2D eigenvalue weighted by Crippen LogP contribution is -2.25. The van der Waals surface area contributed by atoms with Crippen molar-refractivity contribution < 1.29 is 0 Å². The molecule has 1 aromatic heterocycles. The maximum Gasteiger partial charge on any atom is 0.261 e. The van der Waals surface area contributed by atoms with Crippen molar-refractivity contribution in [1.82, 2.24) is 9.55 Å². The fourth-order valence-corrected chi connectivity index (χ4v) is 3.13. The molecule has 0 fully saturated rings. The van der Waals surface area contributed by atoms with Gasteiger partial charge in [0, 0.05) is 12.1 Å². The van der Waals surface area contributed by atoms with Crippen LogP contribution in [0.15, 0.2) is 47.3 Å². The Morgan fingerprint density at radius 2 is 1.77 bits per heavy atom. The second-order valence-electron chi connectivity index (χ2n) is 7.88. The Labute approximate surface area is 154 Å². The van der Waals surface area contributed by atoms with Crippen molar-refractivity contribution in [3.8, 4) is 11.4 Å². The van der Waals surface area contributed by atoms with E-state index in [0.717, 1.165) is 23.1 Å². The molecule has 0 aliphatic carbocycles. The highest BCUT2D eigenvalue weighted by molar-refractivity contribution is 5.80. The minimum absolute atomic E-state index is 0.00190. The summed E-state index contributed by atoms with van der Waals surface area (Å²) >= 11 is 0. The average molecular weight is 349 g/mol. The summed E-state index contributed by atoms with van der Waals surface area (Å²) in [6.07, 6.45) is 0.742. The van der Waals surface area contributed by atoms with E-state index in [1.807, 2.05) is 25.1 Å². The highest BCUT2D eigenvalue weighted by atomic mass is 16.1. The molecular formula is C22H27N3O. The van der Waals surface area contributed by atoms with Crippen molar-refractivity contribution in [2.24, 2.45) is 5.73 Å².